The van der Waals surface area contributed by atoms with Crippen molar-refractivity contribution in [1.29, 1.82) is 0 Å². The van der Waals surface area contributed by atoms with Gasteiger partial charge in [-0.3, -0.25) is 9.88 Å². The molecule has 0 aliphatic carbocycles. The molecule has 2 aromatic rings. The van der Waals surface area contributed by atoms with Crippen LogP contribution in [0.2, 0.25) is 0 Å². The van der Waals surface area contributed by atoms with Gasteiger partial charge in [0.15, 0.2) is 0 Å². The predicted molar refractivity (Wildman–Crippen MR) is 81.2 cm³/mol. The Balaban J connectivity index is 1.45. The molecule has 3 nitrogen and oxygen atoms in total. The van der Waals surface area contributed by atoms with Crippen molar-refractivity contribution in [3.63, 3.8) is 0 Å². The van der Waals surface area contributed by atoms with Crippen molar-refractivity contribution in [2.24, 2.45) is 0 Å². The zero-order chi connectivity index (χ0) is 13.6. The molecule has 1 N–H and O–H groups in total. The van der Waals surface area contributed by atoms with E-state index in [-0.39, 0.29) is 0 Å². The molecule has 1 saturated heterocycles. The van der Waals surface area contributed by atoms with Crippen molar-refractivity contribution in [2.75, 3.05) is 13.1 Å². The maximum atomic E-state index is 4.35. The summed E-state index contributed by atoms with van der Waals surface area (Å²) in [5, 5.41) is 3.61. The topological polar surface area (TPSA) is 28.2 Å². The number of aromatic nitrogens is 1. The van der Waals surface area contributed by atoms with Crippen LogP contribution >= 0.6 is 0 Å². The number of pyridine rings is 1. The number of likely N-dealkylation sites (tertiary alicyclic amines) is 1. The highest BCUT2D eigenvalue weighted by molar-refractivity contribution is 5.14. The molecular formula is C17H21N3. The highest BCUT2D eigenvalue weighted by Gasteiger charge is 2.21. The fraction of sp³-hybridized carbons (Fsp3) is 0.353. The Hall–Kier alpha value is -1.71. The zero-order valence-electron chi connectivity index (χ0n) is 11.7. The summed E-state index contributed by atoms with van der Waals surface area (Å²) in [5.74, 6) is 0. The molecule has 0 unspecified atom stereocenters. The lowest BCUT2D eigenvalue weighted by atomic mass is 10.2. The SMILES string of the molecule is c1ccc(CN2CC[C@H](NCc3ccccn3)C2)cc1. The third-order valence-corrected chi connectivity index (χ3v) is 3.82. The molecule has 2 heterocycles. The van der Waals surface area contributed by atoms with Gasteiger partial charge in [-0.25, -0.2) is 0 Å². The van der Waals surface area contributed by atoms with E-state index in [0.29, 0.717) is 6.04 Å². The molecule has 0 saturated carbocycles. The Morgan fingerprint density at radius 1 is 1.10 bits per heavy atom. The highest BCUT2D eigenvalue weighted by Crippen LogP contribution is 2.13. The van der Waals surface area contributed by atoms with Crippen molar-refractivity contribution >= 4 is 0 Å². The summed E-state index contributed by atoms with van der Waals surface area (Å²) >= 11 is 0. The smallest absolute Gasteiger partial charge is 0.0541 e. The Labute approximate surface area is 120 Å². The summed E-state index contributed by atoms with van der Waals surface area (Å²) in [7, 11) is 0. The maximum Gasteiger partial charge on any atom is 0.0541 e. The van der Waals surface area contributed by atoms with Crippen LogP contribution in [0.3, 0.4) is 0 Å². The largest absolute Gasteiger partial charge is 0.307 e. The van der Waals surface area contributed by atoms with Gasteiger partial charge in [0.2, 0.25) is 0 Å². The maximum absolute atomic E-state index is 4.35. The zero-order valence-corrected chi connectivity index (χ0v) is 11.7. The van der Waals surface area contributed by atoms with Gasteiger partial charge in [-0.1, -0.05) is 36.4 Å². The van der Waals surface area contributed by atoms with Crippen LogP contribution in [0.25, 0.3) is 0 Å². The second kappa shape index (κ2) is 6.64. The number of hydrogen-bond donors (Lipinski definition) is 1. The number of rotatable bonds is 5. The van der Waals surface area contributed by atoms with E-state index >= 15 is 0 Å². The lowest BCUT2D eigenvalue weighted by Gasteiger charge is -2.16. The lowest BCUT2D eigenvalue weighted by molar-refractivity contribution is 0.319. The fourth-order valence-corrected chi connectivity index (χ4v) is 2.74. The van der Waals surface area contributed by atoms with Gasteiger partial charge in [-0.05, 0) is 24.1 Å². The van der Waals surface area contributed by atoms with Crippen LogP contribution in [0.15, 0.2) is 54.7 Å². The first-order valence-electron chi connectivity index (χ1n) is 7.30. The highest BCUT2D eigenvalue weighted by atomic mass is 15.2. The third-order valence-electron chi connectivity index (χ3n) is 3.82. The molecule has 1 atom stereocenters. The summed E-state index contributed by atoms with van der Waals surface area (Å²) in [6, 6.07) is 17.4. The molecule has 0 amide bonds. The minimum atomic E-state index is 0.584. The van der Waals surface area contributed by atoms with E-state index in [4.69, 9.17) is 0 Å². The average molecular weight is 267 g/mol. The van der Waals surface area contributed by atoms with E-state index in [1.165, 1.54) is 18.5 Å². The first-order chi connectivity index (χ1) is 9.90. The fourth-order valence-electron chi connectivity index (χ4n) is 2.74. The van der Waals surface area contributed by atoms with Crippen molar-refractivity contribution in [3.05, 3.63) is 66.0 Å². The number of benzene rings is 1. The van der Waals surface area contributed by atoms with Gasteiger partial charge in [0.25, 0.3) is 0 Å². The molecule has 3 heteroatoms. The minimum absolute atomic E-state index is 0.584. The molecule has 0 spiro atoms. The Kier molecular flexibility index (Phi) is 4.41. The summed E-state index contributed by atoms with van der Waals surface area (Å²) in [6.45, 7) is 4.23. The normalized spacial score (nSPS) is 19.3. The van der Waals surface area contributed by atoms with E-state index in [2.05, 4.69) is 51.6 Å². The van der Waals surface area contributed by atoms with Gasteiger partial charge in [0.1, 0.15) is 0 Å². The molecule has 3 rings (SSSR count). The second-order valence-corrected chi connectivity index (χ2v) is 5.41. The molecule has 20 heavy (non-hydrogen) atoms. The average Bonchev–Trinajstić information content (AvgIpc) is 2.95. The Bertz CT molecular complexity index is 512. The van der Waals surface area contributed by atoms with Crippen LogP contribution in [0.1, 0.15) is 17.7 Å². The van der Waals surface area contributed by atoms with Crippen LogP contribution in [0, 0.1) is 0 Å². The van der Waals surface area contributed by atoms with Gasteiger partial charge in [0, 0.05) is 38.4 Å². The van der Waals surface area contributed by atoms with Gasteiger partial charge >= 0.3 is 0 Å². The van der Waals surface area contributed by atoms with Gasteiger partial charge in [0.05, 0.1) is 5.69 Å². The summed E-state index contributed by atoms with van der Waals surface area (Å²) < 4.78 is 0. The quantitative estimate of drug-likeness (QED) is 0.902. The van der Waals surface area contributed by atoms with Crippen molar-refractivity contribution in [1.82, 2.24) is 15.2 Å². The van der Waals surface area contributed by atoms with E-state index in [1.54, 1.807) is 0 Å². The molecule has 0 bridgehead atoms. The molecular weight excluding hydrogens is 246 g/mol. The molecule has 1 aromatic heterocycles. The van der Waals surface area contributed by atoms with Crippen LogP contribution in [-0.4, -0.2) is 29.0 Å². The van der Waals surface area contributed by atoms with Crippen LogP contribution in [0.4, 0.5) is 0 Å². The van der Waals surface area contributed by atoms with Gasteiger partial charge in [-0.15, -0.1) is 0 Å². The van der Waals surface area contributed by atoms with Gasteiger partial charge < -0.3 is 5.32 Å². The molecule has 1 aliphatic rings. The first kappa shape index (κ1) is 13.3. The number of nitrogens with zero attached hydrogens (tertiary/aromatic N) is 2. The van der Waals surface area contributed by atoms with Crippen LogP contribution < -0.4 is 5.32 Å². The Morgan fingerprint density at radius 2 is 1.95 bits per heavy atom. The van der Waals surface area contributed by atoms with Crippen molar-refractivity contribution in [2.45, 2.75) is 25.6 Å². The van der Waals surface area contributed by atoms with Crippen molar-refractivity contribution in [3.8, 4) is 0 Å². The van der Waals surface area contributed by atoms with E-state index < -0.39 is 0 Å². The molecule has 1 fully saturated rings. The Morgan fingerprint density at radius 3 is 2.75 bits per heavy atom. The van der Waals surface area contributed by atoms with Gasteiger partial charge in [-0.2, -0.15) is 0 Å². The summed E-state index contributed by atoms with van der Waals surface area (Å²) in [4.78, 5) is 6.87. The third kappa shape index (κ3) is 3.65. The van der Waals surface area contributed by atoms with Crippen molar-refractivity contribution < 1.29 is 0 Å². The summed E-state index contributed by atoms with van der Waals surface area (Å²) in [5.41, 5.74) is 2.52. The monoisotopic (exact) mass is 267 g/mol. The van der Waals surface area contributed by atoms with E-state index in [1.807, 2.05) is 18.3 Å². The van der Waals surface area contributed by atoms with E-state index in [0.717, 1.165) is 25.3 Å². The number of hydrogen-bond acceptors (Lipinski definition) is 3. The lowest BCUT2D eigenvalue weighted by Crippen LogP contribution is -2.32. The molecule has 1 aliphatic heterocycles. The van der Waals surface area contributed by atoms with Crippen LogP contribution in [-0.2, 0) is 13.1 Å². The van der Waals surface area contributed by atoms with E-state index in [9.17, 15) is 0 Å². The standard InChI is InChI=1S/C17H21N3/c1-2-6-15(7-3-1)13-20-11-9-17(14-20)19-12-16-8-4-5-10-18-16/h1-8,10,17,19H,9,11-14H2/t17-/m0/s1. The molecule has 104 valence electrons. The minimum Gasteiger partial charge on any atom is -0.307 e. The van der Waals surface area contributed by atoms with Crippen LogP contribution in [0.5, 0.6) is 0 Å². The predicted octanol–water partition coefficient (Wildman–Crippen LogP) is 2.45. The number of nitrogens with one attached hydrogen (secondary N) is 1. The summed E-state index contributed by atoms with van der Waals surface area (Å²) in [6.07, 6.45) is 3.08. The molecule has 1 aromatic carbocycles. The second-order valence-electron chi connectivity index (χ2n) is 5.41. The molecule has 0 radical (unpaired) electrons. The first-order valence-corrected chi connectivity index (χ1v) is 7.30.